The molecule has 0 aliphatic heterocycles. The van der Waals surface area contributed by atoms with E-state index in [0.29, 0.717) is 5.92 Å². The lowest BCUT2D eigenvalue weighted by Crippen LogP contribution is -2.09. The molecule has 0 atom stereocenters. The van der Waals surface area contributed by atoms with Gasteiger partial charge in [0.15, 0.2) is 5.82 Å². The quantitative estimate of drug-likeness (QED) is 0.548. The lowest BCUT2D eigenvalue weighted by atomic mass is 10.1. The van der Waals surface area contributed by atoms with Gasteiger partial charge in [0.05, 0.1) is 14.1 Å². The van der Waals surface area contributed by atoms with Crippen molar-refractivity contribution in [2.24, 2.45) is 0 Å². The van der Waals surface area contributed by atoms with Crippen LogP contribution >= 0.6 is 49.9 Å². The van der Waals surface area contributed by atoms with Crippen LogP contribution in [0, 0.1) is 10.5 Å². The molecule has 114 valence electrons. The number of aromatic nitrogens is 2. The van der Waals surface area contributed by atoms with E-state index in [9.17, 15) is 0 Å². The zero-order valence-electron chi connectivity index (χ0n) is 12.6. The molecule has 0 aliphatic carbocycles. The molecular weight excluding hydrogens is 461 g/mol. The summed E-state index contributed by atoms with van der Waals surface area (Å²) in [5.41, 5.74) is 1.11. The Morgan fingerprint density at radius 2 is 2.10 bits per heavy atom. The first kappa shape index (κ1) is 17.1. The van der Waals surface area contributed by atoms with Gasteiger partial charge in [-0.15, -0.1) is 11.3 Å². The van der Waals surface area contributed by atoms with E-state index in [0.717, 1.165) is 43.2 Å². The number of halogens is 2. The molecule has 2 aromatic rings. The van der Waals surface area contributed by atoms with Gasteiger partial charge in [-0.3, -0.25) is 0 Å². The van der Waals surface area contributed by atoms with Crippen LogP contribution < -0.4 is 5.32 Å². The second-order valence-electron chi connectivity index (χ2n) is 5.19. The first-order chi connectivity index (χ1) is 9.93. The van der Waals surface area contributed by atoms with E-state index in [1.807, 2.05) is 0 Å². The molecule has 1 N–H and O–H groups in total. The monoisotopic (exact) mass is 479 g/mol. The van der Waals surface area contributed by atoms with Gasteiger partial charge in [-0.25, -0.2) is 9.97 Å². The minimum atomic E-state index is 0.380. The zero-order chi connectivity index (χ0) is 15.6. The summed E-state index contributed by atoms with van der Waals surface area (Å²) in [6.45, 7) is 9.54. The molecule has 0 saturated carbocycles. The Morgan fingerprint density at radius 3 is 2.62 bits per heavy atom. The van der Waals surface area contributed by atoms with E-state index in [1.54, 1.807) is 11.3 Å². The Morgan fingerprint density at radius 1 is 1.38 bits per heavy atom. The van der Waals surface area contributed by atoms with Crippen LogP contribution in [0.3, 0.4) is 0 Å². The van der Waals surface area contributed by atoms with E-state index >= 15 is 0 Å². The summed E-state index contributed by atoms with van der Waals surface area (Å²) in [5, 5.41) is 3.42. The predicted octanol–water partition coefficient (Wildman–Crippen LogP) is 5.83. The van der Waals surface area contributed by atoms with Crippen molar-refractivity contribution in [1.82, 2.24) is 9.97 Å². The maximum atomic E-state index is 4.80. The normalized spacial score (nSPS) is 11.2. The van der Waals surface area contributed by atoms with Gasteiger partial charge in [0.2, 0.25) is 0 Å². The minimum Gasteiger partial charge on any atom is -0.369 e. The van der Waals surface area contributed by atoms with Gasteiger partial charge in [0.25, 0.3) is 0 Å². The Bertz CT molecular complexity index is 621. The average molecular weight is 480 g/mol. The molecule has 0 saturated heterocycles. The smallest absolute Gasteiger partial charge is 0.171 e. The maximum absolute atomic E-state index is 4.80. The van der Waals surface area contributed by atoms with Crippen molar-refractivity contribution in [3.05, 3.63) is 24.7 Å². The van der Waals surface area contributed by atoms with Crippen LogP contribution in [0.15, 0.2) is 10.5 Å². The molecule has 2 heterocycles. The average Bonchev–Trinajstić information content (AvgIpc) is 2.77. The first-order valence-electron chi connectivity index (χ1n) is 7.01. The van der Waals surface area contributed by atoms with Gasteiger partial charge in [-0.2, -0.15) is 0 Å². The number of anilines is 1. The molecule has 0 amide bonds. The number of nitrogens with one attached hydrogen (secondary N) is 1. The fourth-order valence-electron chi connectivity index (χ4n) is 1.89. The summed E-state index contributed by atoms with van der Waals surface area (Å²) >= 11 is 7.65. The predicted molar refractivity (Wildman–Crippen MR) is 103 cm³/mol. The molecule has 0 bridgehead atoms. The van der Waals surface area contributed by atoms with Crippen LogP contribution in [0.5, 0.6) is 0 Å². The number of thiophene rings is 1. The van der Waals surface area contributed by atoms with Crippen LogP contribution in [-0.2, 0) is 0 Å². The number of hydrogen-bond acceptors (Lipinski definition) is 4. The summed E-state index contributed by atoms with van der Waals surface area (Å²) in [5.74, 6) is 2.15. The lowest BCUT2D eigenvalue weighted by Gasteiger charge is -2.14. The number of rotatable bonds is 5. The van der Waals surface area contributed by atoms with E-state index < -0.39 is 0 Å². The molecule has 0 fully saturated rings. The van der Waals surface area contributed by atoms with Crippen LogP contribution in [-0.4, -0.2) is 16.5 Å². The summed E-state index contributed by atoms with van der Waals surface area (Å²) in [4.78, 5) is 11.9. The van der Waals surface area contributed by atoms with Crippen LogP contribution in [0.25, 0.3) is 10.7 Å². The number of hydrogen-bond donors (Lipinski definition) is 1. The van der Waals surface area contributed by atoms with Gasteiger partial charge in [-0.05, 0) is 63.8 Å². The van der Waals surface area contributed by atoms with Gasteiger partial charge in [-0.1, -0.05) is 20.8 Å². The van der Waals surface area contributed by atoms with Crippen molar-refractivity contribution in [2.75, 3.05) is 11.9 Å². The van der Waals surface area contributed by atoms with Gasteiger partial charge in [0, 0.05) is 15.9 Å². The van der Waals surface area contributed by atoms with Crippen LogP contribution in [0.4, 0.5) is 5.82 Å². The third-order valence-electron chi connectivity index (χ3n) is 3.04. The summed E-state index contributed by atoms with van der Waals surface area (Å²) in [7, 11) is 0. The molecule has 2 aromatic heterocycles. The van der Waals surface area contributed by atoms with Crippen molar-refractivity contribution in [3.63, 3.8) is 0 Å². The van der Waals surface area contributed by atoms with Crippen molar-refractivity contribution < 1.29 is 0 Å². The molecule has 0 aromatic carbocycles. The summed E-state index contributed by atoms with van der Waals surface area (Å²) in [6, 6.07) is 2.11. The standard InChI is InChI=1S/C15H19BrIN3S/c1-5-6-18-15-12(17)13(8(2)3)19-14(20-15)11-7-10(16)9(4)21-11/h7-8H,5-6H2,1-4H3,(H,18,19,20). The summed E-state index contributed by atoms with van der Waals surface area (Å²) in [6.07, 6.45) is 1.08. The highest BCUT2D eigenvalue weighted by atomic mass is 127. The third-order valence-corrected chi connectivity index (χ3v) is 6.24. The number of nitrogens with zero attached hydrogens (tertiary/aromatic N) is 2. The van der Waals surface area contributed by atoms with Gasteiger partial charge in [0.1, 0.15) is 5.82 Å². The topological polar surface area (TPSA) is 37.8 Å². The Labute approximate surface area is 152 Å². The molecule has 0 spiro atoms. The lowest BCUT2D eigenvalue weighted by molar-refractivity contribution is 0.808. The van der Waals surface area contributed by atoms with Crippen LogP contribution in [0.2, 0.25) is 0 Å². The second kappa shape index (κ2) is 7.37. The van der Waals surface area contributed by atoms with Gasteiger partial charge < -0.3 is 5.32 Å². The zero-order valence-corrected chi connectivity index (χ0v) is 17.2. The van der Waals surface area contributed by atoms with E-state index in [2.05, 4.69) is 77.6 Å². The SMILES string of the molecule is CCCNc1nc(-c2cc(Br)c(C)s2)nc(C(C)C)c1I. The minimum absolute atomic E-state index is 0.380. The number of aryl methyl sites for hydroxylation is 1. The molecule has 6 heteroatoms. The Hall–Kier alpha value is -0.210. The molecule has 0 radical (unpaired) electrons. The van der Waals surface area contributed by atoms with E-state index in [1.165, 1.54) is 4.88 Å². The molecule has 21 heavy (non-hydrogen) atoms. The van der Waals surface area contributed by atoms with Gasteiger partial charge >= 0.3 is 0 Å². The van der Waals surface area contributed by atoms with Crippen molar-refractivity contribution >= 4 is 55.7 Å². The Balaban J connectivity index is 2.52. The van der Waals surface area contributed by atoms with E-state index in [4.69, 9.17) is 9.97 Å². The van der Waals surface area contributed by atoms with Crippen molar-refractivity contribution in [2.45, 2.75) is 40.0 Å². The largest absolute Gasteiger partial charge is 0.369 e. The first-order valence-corrected chi connectivity index (χ1v) is 9.70. The molecule has 3 nitrogen and oxygen atoms in total. The highest BCUT2D eigenvalue weighted by molar-refractivity contribution is 14.1. The Kier molecular flexibility index (Phi) is 6.02. The molecule has 0 aliphatic rings. The fraction of sp³-hybridized carbons (Fsp3) is 0.467. The highest BCUT2D eigenvalue weighted by Crippen LogP contribution is 2.35. The fourth-order valence-corrected chi connectivity index (χ4v) is 4.41. The molecule has 2 rings (SSSR count). The van der Waals surface area contributed by atoms with Crippen LogP contribution in [0.1, 0.15) is 43.7 Å². The molecule has 0 unspecified atom stereocenters. The maximum Gasteiger partial charge on any atom is 0.171 e. The van der Waals surface area contributed by atoms with Crippen molar-refractivity contribution in [1.29, 1.82) is 0 Å². The summed E-state index contributed by atoms with van der Waals surface area (Å²) < 4.78 is 2.26. The molecular formula is C15H19BrIN3S. The second-order valence-corrected chi connectivity index (χ2v) is 8.38. The third kappa shape index (κ3) is 3.96. The van der Waals surface area contributed by atoms with Crippen molar-refractivity contribution in [3.8, 4) is 10.7 Å². The highest BCUT2D eigenvalue weighted by Gasteiger charge is 2.17. The van der Waals surface area contributed by atoms with E-state index in [-0.39, 0.29) is 0 Å².